The molecule has 0 amide bonds. The number of hydrogen-bond acceptors (Lipinski definition) is 3. The minimum atomic E-state index is -1.16. The second-order valence-corrected chi connectivity index (χ2v) is 1.39. The molecule has 0 aliphatic carbocycles. The van der Waals surface area contributed by atoms with Crippen molar-refractivity contribution in [3.8, 4) is 0 Å². The molecule has 0 unspecified atom stereocenters. The molecule has 4 heteroatoms. The fraction of sp³-hybridized carbons (Fsp3) is 1.00. The van der Waals surface area contributed by atoms with Crippen molar-refractivity contribution in [2.24, 2.45) is 0 Å². The highest BCUT2D eigenvalue weighted by Crippen LogP contribution is 1.68. The third-order valence-corrected chi connectivity index (χ3v) is 1.10. The van der Waals surface area contributed by atoms with Gasteiger partial charge in [-0.25, -0.2) is 0 Å². The quantitative estimate of drug-likeness (QED) is 0.268. The van der Waals surface area contributed by atoms with Gasteiger partial charge in [-0.2, -0.15) is 12.6 Å². The first-order valence-electron chi connectivity index (χ1n) is 1.21. The maximum atomic E-state index is 7.93. The average Bonchev–Trinajstić information content (AvgIpc) is 1.41. The van der Waals surface area contributed by atoms with Gasteiger partial charge in [-0.05, 0) is 0 Å². The van der Waals surface area contributed by atoms with Gasteiger partial charge in [0.2, 0.25) is 0 Å². The Hall–Kier alpha value is 0.487. The molecule has 1 N–H and O–H groups in total. The van der Waals surface area contributed by atoms with Crippen LogP contribution in [0, 0.1) is 0 Å². The van der Waals surface area contributed by atoms with E-state index >= 15 is 0 Å². The highest BCUT2D eigenvalue weighted by Gasteiger charge is 1.68. The van der Waals surface area contributed by atoms with E-state index in [4.69, 9.17) is 4.80 Å². The third kappa shape index (κ3) is 4.49. The molecule has 0 aliphatic rings. The van der Waals surface area contributed by atoms with Gasteiger partial charge in [0.15, 0.2) is 0 Å². The van der Waals surface area contributed by atoms with Crippen LogP contribution >= 0.6 is 12.6 Å². The van der Waals surface area contributed by atoms with Gasteiger partial charge < -0.3 is 9.22 Å². The van der Waals surface area contributed by atoms with Crippen LogP contribution in [0.5, 0.6) is 0 Å². The van der Waals surface area contributed by atoms with Crippen LogP contribution in [0.25, 0.3) is 0 Å². The summed E-state index contributed by atoms with van der Waals surface area (Å²) in [7, 11) is -1.16. The van der Waals surface area contributed by atoms with E-state index in [-0.39, 0.29) is 0 Å². The Balaban J connectivity index is 2.19. The van der Waals surface area contributed by atoms with Crippen molar-refractivity contribution < 1.29 is 9.22 Å². The van der Waals surface area contributed by atoms with Crippen LogP contribution in [0.3, 0.4) is 0 Å². The summed E-state index contributed by atoms with van der Waals surface area (Å²) in [6, 6.07) is 0. The summed E-state index contributed by atoms with van der Waals surface area (Å²) in [5.74, 6) is 0.350. The first kappa shape index (κ1) is 5.49. The lowest BCUT2D eigenvalue weighted by atomic mass is 11.7. The molecule has 0 aliphatic heterocycles. The zero-order chi connectivity index (χ0) is 4.12. The van der Waals surface area contributed by atoms with Crippen LogP contribution in [0.1, 0.15) is 0 Å². The molecule has 0 radical (unpaired) electrons. The molecule has 0 aromatic heterocycles. The van der Waals surface area contributed by atoms with E-state index in [0.29, 0.717) is 5.94 Å². The summed E-state index contributed by atoms with van der Waals surface area (Å²) in [4.78, 5) is 7.93. The van der Waals surface area contributed by atoms with Crippen LogP contribution in [-0.2, 0) is 4.43 Å². The van der Waals surface area contributed by atoms with Gasteiger partial charge in [-0.15, -0.1) is 0 Å². The standard InChI is InChI=1S/CH6O2SSi/c2-5-3-1-4/h2,4H,1,5H2. The molecule has 0 rings (SSSR count). The van der Waals surface area contributed by atoms with E-state index in [0.717, 1.165) is 0 Å². The Bertz CT molecular complexity index is 17.1. The van der Waals surface area contributed by atoms with Crippen LogP contribution in [-0.4, -0.2) is 20.7 Å². The van der Waals surface area contributed by atoms with Crippen LogP contribution in [0.15, 0.2) is 0 Å². The molecule has 0 bridgehead atoms. The van der Waals surface area contributed by atoms with Crippen molar-refractivity contribution in [3.63, 3.8) is 0 Å². The molecule has 32 valence electrons. The predicted molar refractivity (Wildman–Crippen MR) is 25.7 cm³/mol. The molecule has 0 aromatic carbocycles. The Morgan fingerprint density at radius 3 is 2.60 bits per heavy atom. The van der Waals surface area contributed by atoms with Crippen molar-refractivity contribution in [3.05, 3.63) is 0 Å². The van der Waals surface area contributed by atoms with Crippen LogP contribution in [0.2, 0.25) is 0 Å². The van der Waals surface area contributed by atoms with E-state index < -0.39 is 10.0 Å². The molecule has 0 saturated heterocycles. The normalized spacial score (nSPS) is 10.8. The molecule has 0 spiro atoms. The number of hydrogen-bond donors (Lipinski definition) is 2. The van der Waals surface area contributed by atoms with Crippen LogP contribution in [0.4, 0.5) is 0 Å². The number of thiol groups is 1. The molecule has 5 heavy (non-hydrogen) atoms. The minimum Gasteiger partial charge on any atom is -0.415 e. The van der Waals surface area contributed by atoms with Gasteiger partial charge in [0, 0.05) is 0 Å². The highest BCUT2D eigenvalue weighted by atomic mass is 32.1. The Labute approximate surface area is 38.6 Å². The lowest BCUT2D eigenvalue weighted by Crippen LogP contribution is -1.91. The summed E-state index contributed by atoms with van der Waals surface area (Å²) in [6.07, 6.45) is 0. The van der Waals surface area contributed by atoms with Gasteiger partial charge in [0.1, 0.15) is 0 Å². The predicted octanol–water partition coefficient (Wildman–Crippen LogP) is -1.12. The maximum absolute atomic E-state index is 7.93. The zero-order valence-corrected chi connectivity index (χ0v) is 5.03. The molecule has 0 fully saturated rings. The molecule has 0 aromatic rings. The van der Waals surface area contributed by atoms with Gasteiger partial charge in [0.25, 0.3) is 0 Å². The van der Waals surface area contributed by atoms with E-state index in [2.05, 4.69) is 17.1 Å². The lowest BCUT2D eigenvalue weighted by Gasteiger charge is -1.84. The Morgan fingerprint density at radius 2 is 2.60 bits per heavy atom. The van der Waals surface area contributed by atoms with E-state index in [1.165, 1.54) is 0 Å². The SMILES string of the molecule is O[SiH2]OCS. The summed E-state index contributed by atoms with van der Waals surface area (Å²) in [5.41, 5.74) is 0. The monoisotopic (exact) mass is 110 g/mol. The minimum absolute atomic E-state index is 0.350. The first-order valence-corrected chi connectivity index (χ1v) is 3.05. The van der Waals surface area contributed by atoms with Crippen LogP contribution < -0.4 is 0 Å². The Morgan fingerprint density at radius 1 is 2.00 bits per heavy atom. The van der Waals surface area contributed by atoms with Crippen molar-refractivity contribution in [1.29, 1.82) is 0 Å². The molecular weight excluding hydrogens is 104 g/mol. The lowest BCUT2D eigenvalue weighted by molar-refractivity contribution is 0.345. The fourth-order valence-corrected chi connectivity index (χ4v) is 0.367. The van der Waals surface area contributed by atoms with Gasteiger partial charge in [-0.1, -0.05) is 0 Å². The van der Waals surface area contributed by atoms with Gasteiger partial charge in [0.05, 0.1) is 5.94 Å². The van der Waals surface area contributed by atoms with Gasteiger partial charge >= 0.3 is 10.0 Å². The molecule has 0 heterocycles. The van der Waals surface area contributed by atoms with Crippen molar-refractivity contribution >= 4 is 22.6 Å². The third-order valence-electron chi connectivity index (χ3n) is 0.183. The van der Waals surface area contributed by atoms with Crippen molar-refractivity contribution in [2.45, 2.75) is 0 Å². The molecular formula is CH6O2SSi. The topological polar surface area (TPSA) is 29.5 Å². The van der Waals surface area contributed by atoms with E-state index in [9.17, 15) is 0 Å². The van der Waals surface area contributed by atoms with E-state index in [1.54, 1.807) is 0 Å². The fourth-order valence-electron chi connectivity index (χ4n) is 0.0408. The summed E-state index contributed by atoms with van der Waals surface area (Å²) in [6.45, 7) is 0. The zero-order valence-electron chi connectivity index (χ0n) is 2.72. The first-order chi connectivity index (χ1) is 2.41. The Kier molecular flexibility index (Phi) is 4.92. The molecule has 0 saturated carbocycles. The number of rotatable bonds is 2. The van der Waals surface area contributed by atoms with Crippen molar-refractivity contribution in [2.75, 3.05) is 5.94 Å². The smallest absolute Gasteiger partial charge is 0.302 e. The summed E-state index contributed by atoms with van der Waals surface area (Å²) < 4.78 is 4.39. The highest BCUT2D eigenvalue weighted by molar-refractivity contribution is 7.80. The summed E-state index contributed by atoms with van der Waals surface area (Å²) in [5, 5.41) is 0. The maximum Gasteiger partial charge on any atom is 0.302 e. The largest absolute Gasteiger partial charge is 0.415 e. The van der Waals surface area contributed by atoms with Gasteiger partial charge in [-0.3, -0.25) is 0 Å². The second kappa shape index (κ2) is 4.49. The second-order valence-electron chi connectivity index (χ2n) is 0.462. The summed E-state index contributed by atoms with van der Waals surface area (Å²) >= 11 is 3.65. The van der Waals surface area contributed by atoms with Crippen molar-refractivity contribution in [1.82, 2.24) is 0 Å². The molecule has 2 nitrogen and oxygen atoms in total. The van der Waals surface area contributed by atoms with E-state index in [1.807, 2.05) is 0 Å². The average molecular weight is 110 g/mol. The molecule has 0 atom stereocenters.